The van der Waals surface area contributed by atoms with Gasteiger partial charge in [-0.25, -0.2) is 9.78 Å². The van der Waals surface area contributed by atoms with Crippen LogP contribution in [0.3, 0.4) is 0 Å². The first-order chi connectivity index (χ1) is 9.60. The van der Waals surface area contributed by atoms with Crippen LogP contribution in [0.5, 0.6) is 0 Å². The molecule has 1 aromatic heterocycles. The third-order valence-electron chi connectivity index (χ3n) is 2.78. The second kappa shape index (κ2) is 6.16. The van der Waals surface area contributed by atoms with Gasteiger partial charge in [-0.1, -0.05) is 18.2 Å². The van der Waals surface area contributed by atoms with Gasteiger partial charge in [0.2, 0.25) is 0 Å². The van der Waals surface area contributed by atoms with E-state index >= 15 is 0 Å². The fourth-order valence-corrected chi connectivity index (χ4v) is 1.92. The van der Waals surface area contributed by atoms with Crippen LogP contribution in [0.4, 0.5) is 11.5 Å². The third kappa shape index (κ3) is 3.33. The highest BCUT2D eigenvalue weighted by atomic mass is 16.5. The maximum absolute atomic E-state index is 11.1. The number of aromatic carboxylic acids is 1. The van der Waals surface area contributed by atoms with Crippen molar-refractivity contribution in [2.45, 2.75) is 13.5 Å². The normalized spacial score (nSPS) is 10.3. The smallest absolute Gasteiger partial charge is 0.335 e. The van der Waals surface area contributed by atoms with Gasteiger partial charge in [-0.2, -0.15) is 0 Å². The Morgan fingerprint density at radius 1 is 1.35 bits per heavy atom. The Morgan fingerprint density at radius 2 is 2.10 bits per heavy atom. The first-order valence-corrected chi connectivity index (χ1v) is 6.16. The lowest BCUT2D eigenvalue weighted by atomic mass is 10.2. The number of aryl methyl sites for hydroxylation is 1. The summed E-state index contributed by atoms with van der Waals surface area (Å²) in [6, 6.07) is 10.7. The molecule has 0 saturated carbocycles. The number of nitrogens with one attached hydrogen (secondary N) is 1. The zero-order valence-electron chi connectivity index (χ0n) is 11.4. The predicted molar refractivity (Wildman–Crippen MR) is 76.4 cm³/mol. The second-order valence-corrected chi connectivity index (χ2v) is 4.40. The molecule has 1 aromatic carbocycles. The van der Waals surface area contributed by atoms with Crippen molar-refractivity contribution in [3.63, 3.8) is 0 Å². The molecular weight excluding hydrogens is 256 g/mol. The van der Waals surface area contributed by atoms with Crippen molar-refractivity contribution in [2.24, 2.45) is 0 Å². The number of rotatable bonds is 5. The second-order valence-electron chi connectivity index (χ2n) is 4.40. The van der Waals surface area contributed by atoms with Crippen molar-refractivity contribution in [1.82, 2.24) is 4.98 Å². The van der Waals surface area contributed by atoms with Crippen LogP contribution in [0.15, 0.2) is 36.4 Å². The van der Waals surface area contributed by atoms with Crippen LogP contribution in [-0.4, -0.2) is 23.2 Å². The molecule has 5 heteroatoms. The zero-order chi connectivity index (χ0) is 14.5. The number of anilines is 2. The molecule has 2 aromatic rings. The number of nitrogens with zero attached hydrogens (tertiary/aromatic N) is 1. The largest absolute Gasteiger partial charge is 0.478 e. The molecule has 0 saturated heterocycles. The highest BCUT2D eigenvalue weighted by molar-refractivity contribution is 5.88. The van der Waals surface area contributed by atoms with Crippen molar-refractivity contribution in [3.05, 3.63) is 53.2 Å². The molecule has 0 aliphatic rings. The number of benzene rings is 1. The molecule has 0 aliphatic carbocycles. The summed E-state index contributed by atoms with van der Waals surface area (Å²) in [5.41, 5.74) is 2.69. The number of carboxylic acid groups (broad SMARTS) is 1. The Balaban J connectivity index is 2.32. The molecule has 0 atom stereocenters. The molecule has 20 heavy (non-hydrogen) atoms. The topological polar surface area (TPSA) is 71.5 Å². The lowest BCUT2D eigenvalue weighted by Gasteiger charge is -2.12. The molecule has 0 unspecified atom stereocenters. The summed E-state index contributed by atoms with van der Waals surface area (Å²) < 4.78 is 5.14. The number of pyridine rings is 1. The Kier molecular flexibility index (Phi) is 4.32. The monoisotopic (exact) mass is 272 g/mol. The van der Waals surface area contributed by atoms with Crippen molar-refractivity contribution in [2.75, 3.05) is 12.4 Å². The number of hydrogen-bond donors (Lipinski definition) is 2. The van der Waals surface area contributed by atoms with E-state index in [1.165, 1.54) is 12.1 Å². The van der Waals surface area contributed by atoms with Crippen LogP contribution in [-0.2, 0) is 11.3 Å². The number of aromatic nitrogens is 1. The fraction of sp³-hybridized carbons (Fsp3) is 0.200. The number of carboxylic acids is 1. The molecule has 5 nitrogen and oxygen atoms in total. The maximum Gasteiger partial charge on any atom is 0.335 e. The minimum absolute atomic E-state index is 0.212. The van der Waals surface area contributed by atoms with Crippen molar-refractivity contribution < 1.29 is 14.6 Å². The first kappa shape index (κ1) is 14.0. The average Bonchev–Trinajstić information content (AvgIpc) is 2.40. The van der Waals surface area contributed by atoms with Gasteiger partial charge in [0, 0.05) is 24.1 Å². The van der Waals surface area contributed by atoms with E-state index in [2.05, 4.69) is 10.3 Å². The van der Waals surface area contributed by atoms with Crippen LogP contribution in [0.1, 0.15) is 21.6 Å². The first-order valence-electron chi connectivity index (χ1n) is 6.16. The van der Waals surface area contributed by atoms with Gasteiger partial charge in [-0.05, 0) is 25.1 Å². The molecule has 0 aliphatic heterocycles. The van der Waals surface area contributed by atoms with Crippen LogP contribution in [0.25, 0.3) is 0 Å². The van der Waals surface area contributed by atoms with Crippen molar-refractivity contribution in [3.8, 4) is 0 Å². The van der Waals surface area contributed by atoms with E-state index in [-0.39, 0.29) is 5.56 Å². The summed E-state index contributed by atoms with van der Waals surface area (Å²) in [7, 11) is 1.63. The van der Waals surface area contributed by atoms with Gasteiger partial charge < -0.3 is 15.2 Å². The fourth-order valence-electron chi connectivity index (χ4n) is 1.92. The van der Waals surface area contributed by atoms with Gasteiger partial charge >= 0.3 is 5.97 Å². The SMILES string of the molecule is COCc1ccccc1Nc1cc(C(=O)O)cc(C)n1. The summed E-state index contributed by atoms with van der Waals surface area (Å²) in [6.45, 7) is 2.24. The summed E-state index contributed by atoms with van der Waals surface area (Å²) >= 11 is 0. The van der Waals surface area contributed by atoms with E-state index in [0.29, 0.717) is 18.1 Å². The molecule has 0 fully saturated rings. The molecule has 0 radical (unpaired) electrons. The highest BCUT2D eigenvalue weighted by Crippen LogP contribution is 2.21. The molecule has 0 bridgehead atoms. The van der Waals surface area contributed by atoms with Gasteiger partial charge in [0.05, 0.1) is 12.2 Å². The number of carbonyl (C=O) groups is 1. The minimum atomic E-state index is -0.969. The zero-order valence-corrected chi connectivity index (χ0v) is 11.4. The van der Waals surface area contributed by atoms with Gasteiger partial charge in [0.15, 0.2) is 0 Å². The maximum atomic E-state index is 11.1. The summed E-state index contributed by atoms with van der Waals surface area (Å²) in [4.78, 5) is 15.3. The molecule has 2 rings (SSSR count). The molecular formula is C15H16N2O3. The van der Waals surface area contributed by atoms with E-state index in [1.54, 1.807) is 14.0 Å². The van der Waals surface area contributed by atoms with E-state index < -0.39 is 5.97 Å². The van der Waals surface area contributed by atoms with E-state index in [9.17, 15) is 4.79 Å². The molecule has 0 spiro atoms. The van der Waals surface area contributed by atoms with Gasteiger partial charge in [-0.15, -0.1) is 0 Å². The third-order valence-corrected chi connectivity index (χ3v) is 2.78. The lowest BCUT2D eigenvalue weighted by Crippen LogP contribution is -2.03. The Labute approximate surface area is 117 Å². The average molecular weight is 272 g/mol. The number of ether oxygens (including phenoxy) is 1. The Morgan fingerprint density at radius 3 is 2.80 bits per heavy atom. The summed E-state index contributed by atoms with van der Waals surface area (Å²) in [5.74, 6) is -0.463. The molecule has 1 heterocycles. The highest BCUT2D eigenvalue weighted by Gasteiger charge is 2.08. The van der Waals surface area contributed by atoms with Gasteiger partial charge in [-0.3, -0.25) is 0 Å². The van der Waals surface area contributed by atoms with Crippen molar-refractivity contribution >= 4 is 17.5 Å². The van der Waals surface area contributed by atoms with Crippen LogP contribution in [0.2, 0.25) is 0 Å². The number of para-hydroxylation sites is 1. The predicted octanol–water partition coefficient (Wildman–Crippen LogP) is 2.98. The summed E-state index contributed by atoms with van der Waals surface area (Å²) in [5, 5.41) is 12.2. The van der Waals surface area contributed by atoms with E-state index in [0.717, 1.165) is 11.3 Å². The summed E-state index contributed by atoms with van der Waals surface area (Å²) in [6.07, 6.45) is 0. The molecule has 104 valence electrons. The molecule has 0 amide bonds. The Bertz CT molecular complexity index is 626. The molecule has 2 N–H and O–H groups in total. The van der Waals surface area contributed by atoms with Crippen LogP contribution >= 0.6 is 0 Å². The van der Waals surface area contributed by atoms with Crippen LogP contribution in [0, 0.1) is 6.92 Å². The quantitative estimate of drug-likeness (QED) is 0.875. The number of hydrogen-bond acceptors (Lipinski definition) is 4. The number of methoxy groups -OCH3 is 1. The van der Waals surface area contributed by atoms with E-state index in [1.807, 2.05) is 24.3 Å². The van der Waals surface area contributed by atoms with Gasteiger partial charge in [0.1, 0.15) is 5.82 Å². The Hall–Kier alpha value is -2.40. The minimum Gasteiger partial charge on any atom is -0.478 e. The standard InChI is InChI=1S/C15H16N2O3/c1-10-7-12(15(18)19)8-14(16-10)17-13-6-4-3-5-11(13)9-20-2/h3-8H,9H2,1-2H3,(H,16,17)(H,18,19). The van der Waals surface area contributed by atoms with Crippen molar-refractivity contribution in [1.29, 1.82) is 0 Å². The van der Waals surface area contributed by atoms with Crippen LogP contribution < -0.4 is 5.32 Å². The van der Waals surface area contributed by atoms with Gasteiger partial charge in [0.25, 0.3) is 0 Å². The van der Waals surface area contributed by atoms with E-state index in [4.69, 9.17) is 9.84 Å². The lowest BCUT2D eigenvalue weighted by molar-refractivity contribution is 0.0696.